The highest BCUT2D eigenvalue weighted by molar-refractivity contribution is 5.85. The van der Waals surface area contributed by atoms with Crippen molar-refractivity contribution < 1.29 is 14.2 Å². The molecule has 3 heterocycles. The van der Waals surface area contributed by atoms with Crippen molar-refractivity contribution in [3.8, 4) is 17.2 Å². The normalized spacial score (nSPS) is 16.3. The molecule has 5 rings (SSSR count). The molecule has 2 aromatic carbocycles. The maximum atomic E-state index is 12.5. The average molecular weight is 486 g/mol. The lowest BCUT2D eigenvalue weighted by Crippen LogP contribution is -2.43. The summed E-state index contributed by atoms with van der Waals surface area (Å²) < 4.78 is 18.6. The van der Waals surface area contributed by atoms with E-state index in [4.69, 9.17) is 14.2 Å². The van der Waals surface area contributed by atoms with Crippen LogP contribution in [-0.4, -0.2) is 55.5 Å². The summed E-state index contributed by atoms with van der Waals surface area (Å²) in [5, 5.41) is 4.67. The van der Waals surface area contributed by atoms with E-state index in [9.17, 15) is 4.79 Å². The molecule has 0 unspecified atom stereocenters. The van der Waals surface area contributed by atoms with E-state index in [0.717, 1.165) is 67.2 Å². The molecule has 1 aromatic heterocycles. The van der Waals surface area contributed by atoms with Crippen LogP contribution < -0.4 is 25.1 Å². The monoisotopic (exact) mass is 485 g/mol. The SMILES string of the molecule is COc1cccc2c1ccc(=O)n2CCN1CCC(NCc2ccc3c(c2)OCCO3)CC1.Cl. The smallest absolute Gasteiger partial charge is 0.251 e. The molecule has 34 heavy (non-hydrogen) atoms. The van der Waals surface area contributed by atoms with Gasteiger partial charge in [-0.25, -0.2) is 0 Å². The van der Waals surface area contributed by atoms with Gasteiger partial charge in [0.05, 0.1) is 12.6 Å². The molecule has 8 heteroatoms. The molecule has 0 spiro atoms. The zero-order chi connectivity index (χ0) is 22.6. The Balaban J connectivity index is 0.00000274. The first kappa shape index (κ1) is 24.4. The van der Waals surface area contributed by atoms with Gasteiger partial charge in [0.2, 0.25) is 0 Å². The van der Waals surface area contributed by atoms with Gasteiger partial charge in [0.1, 0.15) is 19.0 Å². The van der Waals surface area contributed by atoms with Crippen LogP contribution in [0.2, 0.25) is 0 Å². The average Bonchev–Trinajstić information content (AvgIpc) is 2.87. The Morgan fingerprint density at radius 3 is 2.59 bits per heavy atom. The second-order valence-electron chi connectivity index (χ2n) is 8.69. The van der Waals surface area contributed by atoms with Gasteiger partial charge in [-0.1, -0.05) is 12.1 Å². The molecule has 182 valence electrons. The van der Waals surface area contributed by atoms with Crippen LogP contribution >= 0.6 is 12.4 Å². The highest BCUT2D eigenvalue weighted by atomic mass is 35.5. The van der Waals surface area contributed by atoms with E-state index >= 15 is 0 Å². The standard InChI is InChI=1S/C26H31N3O4.ClH/c1-31-23-4-2-3-22-21(23)6-8-26(30)29(22)14-13-28-11-9-20(10-12-28)27-18-19-5-7-24-25(17-19)33-16-15-32-24;/h2-8,17,20,27H,9-16,18H2,1H3;1H. The summed E-state index contributed by atoms with van der Waals surface area (Å²) in [6.07, 6.45) is 2.20. The quantitative estimate of drug-likeness (QED) is 0.553. The van der Waals surface area contributed by atoms with Crippen LogP contribution in [0.5, 0.6) is 17.2 Å². The zero-order valence-corrected chi connectivity index (χ0v) is 20.3. The lowest BCUT2D eigenvalue weighted by molar-refractivity contribution is 0.171. The van der Waals surface area contributed by atoms with Crippen LogP contribution in [0, 0.1) is 0 Å². The molecule has 0 aliphatic carbocycles. The number of piperidine rings is 1. The number of halogens is 1. The largest absolute Gasteiger partial charge is 0.496 e. The Morgan fingerprint density at radius 2 is 1.79 bits per heavy atom. The lowest BCUT2D eigenvalue weighted by atomic mass is 10.0. The number of aromatic nitrogens is 1. The molecule has 0 radical (unpaired) electrons. The number of nitrogens with one attached hydrogen (secondary N) is 1. The van der Waals surface area contributed by atoms with Gasteiger partial charge < -0.3 is 29.0 Å². The number of likely N-dealkylation sites (tertiary alicyclic amines) is 1. The van der Waals surface area contributed by atoms with Crippen molar-refractivity contribution >= 4 is 23.3 Å². The van der Waals surface area contributed by atoms with Crippen LogP contribution in [0.15, 0.2) is 53.3 Å². The number of nitrogens with zero attached hydrogens (tertiary/aromatic N) is 2. The number of pyridine rings is 1. The van der Waals surface area contributed by atoms with Crippen LogP contribution in [-0.2, 0) is 13.1 Å². The third-order valence-corrected chi connectivity index (χ3v) is 6.64. The highest BCUT2D eigenvalue weighted by Gasteiger charge is 2.19. The van der Waals surface area contributed by atoms with Gasteiger partial charge in [0, 0.05) is 37.1 Å². The van der Waals surface area contributed by atoms with Gasteiger partial charge in [-0.05, 0) is 61.8 Å². The molecule has 0 bridgehead atoms. The lowest BCUT2D eigenvalue weighted by Gasteiger charge is -2.32. The molecule has 2 aliphatic rings. The van der Waals surface area contributed by atoms with E-state index in [1.54, 1.807) is 13.2 Å². The van der Waals surface area contributed by atoms with Gasteiger partial charge in [-0.15, -0.1) is 12.4 Å². The molecule has 1 N–H and O–H groups in total. The Labute approximate surface area is 206 Å². The van der Waals surface area contributed by atoms with Crippen molar-refractivity contribution in [3.63, 3.8) is 0 Å². The second kappa shape index (κ2) is 11.1. The summed E-state index contributed by atoms with van der Waals surface area (Å²) in [5.41, 5.74) is 2.18. The fourth-order valence-electron chi connectivity index (χ4n) is 4.77. The fraction of sp³-hybridized carbons (Fsp3) is 0.423. The first-order valence-electron chi connectivity index (χ1n) is 11.7. The summed E-state index contributed by atoms with van der Waals surface area (Å²) in [6, 6.07) is 16.0. The number of hydrogen-bond acceptors (Lipinski definition) is 6. The van der Waals surface area contributed by atoms with E-state index < -0.39 is 0 Å². The first-order chi connectivity index (χ1) is 16.2. The molecule has 3 aromatic rings. The van der Waals surface area contributed by atoms with Gasteiger partial charge in [0.15, 0.2) is 11.5 Å². The van der Waals surface area contributed by atoms with E-state index in [2.05, 4.69) is 22.3 Å². The van der Waals surface area contributed by atoms with Crippen LogP contribution in [0.25, 0.3) is 10.9 Å². The summed E-state index contributed by atoms with van der Waals surface area (Å²) in [6.45, 7) is 5.66. The minimum absolute atomic E-state index is 0. The maximum absolute atomic E-state index is 12.5. The summed E-state index contributed by atoms with van der Waals surface area (Å²) in [5.74, 6) is 2.48. The number of methoxy groups -OCH3 is 1. The predicted molar refractivity (Wildman–Crippen MR) is 136 cm³/mol. The Hall–Kier alpha value is -2.74. The molecule has 1 saturated heterocycles. The first-order valence-corrected chi connectivity index (χ1v) is 11.7. The topological polar surface area (TPSA) is 65.0 Å². The van der Waals surface area contributed by atoms with E-state index in [1.807, 2.05) is 34.9 Å². The van der Waals surface area contributed by atoms with Crippen molar-refractivity contribution in [1.29, 1.82) is 0 Å². The minimum atomic E-state index is 0. The van der Waals surface area contributed by atoms with Gasteiger partial charge in [-0.2, -0.15) is 0 Å². The Kier molecular flexibility index (Phi) is 7.98. The third kappa shape index (κ3) is 5.32. The van der Waals surface area contributed by atoms with Crippen molar-refractivity contribution in [1.82, 2.24) is 14.8 Å². The van der Waals surface area contributed by atoms with Crippen LogP contribution in [0.1, 0.15) is 18.4 Å². The molecular formula is C26H32ClN3O4. The number of hydrogen-bond donors (Lipinski definition) is 1. The molecule has 2 aliphatic heterocycles. The van der Waals surface area contributed by atoms with Crippen LogP contribution in [0.4, 0.5) is 0 Å². The van der Waals surface area contributed by atoms with E-state index in [-0.39, 0.29) is 18.0 Å². The van der Waals surface area contributed by atoms with Gasteiger partial charge >= 0.3 is 0 Å². The molecule has 1 fully saturated rings. The number of fused-ring (bicyclic) bond motifs is 2. The van der Waals surface area contributed by atoms with Crippen molar-refractivity contribution in [2.45, 2.75) is 32.0 Å². The molecule has 0 saturated carbocycles. The Morgan fingerprint density at radius 1 is 1.00 bits per heavy atom. The van der Waals surface area contributed by atoms with Crippen LogP contribution in [0.3, 0.4) is 0 Å². The summed E-state index contributed by atoms with van der Waals surface area (Å²) in [7, 11) is 1.66. The summed E-state index contributed by atoms with van der Waals surface area (Å²) in [4.78, 5) is 15.0. The molecule has 0 amide bonds. The predicted octanol–water partition coefficient (Wildman–Crippen LogP) is 3.46. The van der Waals surface area contributed by atoms with Gasteiger partial charge in [0.25, 0.3) is 5.56 Å². The summed E-state index contributed by atoms with van der Waals surface area (Å²) >= 11 is 0. The molecule has 0 atom stereocenters. The van der Waals surface area contributed by atoms with E-state index in [0.29, 0.717) is 25.8 Å². The van der Waals surface area contributed by atoms with Crippen molar-refractivity contribution in [3.05, 3.63) is 64.4 Å². The minimum Gasteiger partial charge on any atom is -0.496 e. The van der Waals surface area contributed by atoms with E-state index in [1.165, 1.54) is 5.56 Å². The highest BCUT2D eigenvalue weighted by Crippen LogP contribution is 2.30. The maximum Gasteiger partial charge on any atom is 0.251 e. The number of rotatable bonds is 7. The van der Waals surface area contributed by atoms with Crippen molar-refractivity contribution in [2.24, 2.45) is 0 Å². The molecule has 7 nitrogen and oxygen atoms in total. The Bertz CT molecular complexity index is 1170. The third-order valence-electron chi connectivity index (χ3n) is 6.64. The second-order valence-corrected chi connectivity index (χ2v) is 8.69. The fourth-order valence-corrected chi connectivity index (χ4v) is 4.77. The van der Waals surface area contributed by atoms with Gasteiger partial charge in [-0.3, -0.25) is 4.79 Å². The number of ether oxygens (including phenoxy) is 3. The zero-order valence-electron chi connectivity index (χ0n) is 19.5. The number of benzene rings is 2. The molecular weight excluding hydrogens is 454 g/mol. The van der Waals surface area contributed by atoms with Crippen molar-refractivity contribution in [2.75, 3.05) is 40.0 Å².